The van der Waals surface area contributed by atoms with E-state index >= 15 is 0 Å². The summed E-state index contributed by atoms with van der Waals surface area (Å²) in [6.07, 6.45) is 1.61. The molecule has 1 N–H and O–H groups in total. The van der Waals surface area contributed by atoms with Gasteiger partial charge in [0.15, 0.2) is 0 Å². The monoisotopic (exact) mass is 281 g/mol. The highest BCUT2D eigenvalue weighted by Crippen LogP contribution is 2.20. The van der Waals surface area contributed by atoms with Crippen LogP contribution in [0.25, 0.3) is 0 Å². The minimum Gasteiger partial charge on any atom is -0.387 e. The molecule has 19 heavy (non-hydrogen) atoms. The molecule has 0 aliphatic heterocycles. The van der Waals surface area contributed by atoms with E-state index in [-0.39, 0.29) is 5.56 Å². The topological polar surface area (TPSA) is 64.7 Å². The first-order valence-electron chi connectivity index (χ1n) is 6.03. The number of nitrogens with zero attached hydrogens (tertiary/aromatic N) is 4. The van der Waals surface area contributed by atoms with Crippen molar-refractivity contribution in [3.63, 3.8) is 0 Å². The van der Waals surface area contributed by atoms with Crippen molar-refractivity contribution in [1.29, 1.82) is 0 Å². The van der Waals surface area contributed by atoms with Gasteiger partial charge in [0, 0.05) is 19.7 Å². The molecule has 0 amide bonds. The minimum absolute atomic E-state index is 0.176. The number of aryl methyl sites for hydroxylation is 2. The second-order valence-corrected chi connectivity index (χ2v) is 4.53. The van der Waals surface area contributed by atoms with Gasteiger partial charge >= 0.3 is 0 Å². The van der Waals surface area contributed by atoms with E-state index in [4.69, 9.17) is 11.6 Å². The number of nitrogens with one attached hydrogen (secondary N) is 1. The van der Waals surface area contributed by atoms with Crippen LogP contribution in [0.4, 0.5) is 5.69 Å². The Balaban J connectivity index is 2.39. The van der Waals surface area contributed by atoms with Gasteiger partial charge in [0.1, 0.15) is 0 Å². The highest BCUT2D eigenvalue weighted by molar-refractivity contribution is 6.31. The van der Waals surface area contributed by atoms with E-state index in [0.717, 1.165) is 11.4 Å². The molecule has 0 unspecified atom stereocenters. The van der Waals surface area contributed by atoms with Gasteiger partial charge in [-0.15, -0.1) is 0 Å². The van der Waals surface area contributed by atoms with Crippen molar-refractivity contribution < 1.29 is 0 Å². The predicted molar refractivity (Wildman–Crippen MR) is 74.8 cm³/mol. The average molecular weight is 282 g/mol. The first-order chi connectivity index (χ1) is 9.06. The first kappa shape index (κ1) is 13.6. The van der Waals surface area contributed by atoms with Gasteiger partial charge in [0.25, 0.3) is 5.56 Å². The molecule has 2 heterocycles. The summed E-state index contributed by atoms with van der Waals surface area (Å²) < 4.78 is 3.16. The molecular weight excluding hydrogens is 266 g/mol. The largest absolute Gasteiger partial charge is 0.387 e. The van der Waals surface area contributed by atoms with Crippen molar-refractivity contribution in [2.75, 3.05) is 12.4 Å². The van der Waals surface area contributed by atoms with Crippen molar-refractivity contribution in [3.8, 4) is 0 Å². The summed E-state index contributed by atoms with van der Waals surface area (Å²) in [7, 11) is 1.74. The predicted octanol–water partition coefficient (Wildman–Crippen LogP) is 1.51. The van der Waals surface area contributed by atoms with E-state index in [1.54, 1.807) is 17.9 Å². The van der Waals surface area contributed by atoms with E-state index in [9.17, 15) is 4.79 Å². The molecule has 102 valence electrons. The fraction of sp³-hybridized carbons (Fsp3) is 0.417. The summed E-state index contributed by atoms with van der Waals surface area (Å²) in [5.74, 6) is 0. The zero-order chi connectivity index (χ0) is 14.0. The first-order valence-corrected chi connectivity index (χ1v) is 6.41. The zero-order valence-electron chi connectivity index (χ0n) is 11.1. The average Bonchev–Trinajstić information content (AvgIpc) is 2.68. The summed E-state index contributed by atoms with van der Waals surface area (Å²) >= 11 is 6.21. The van der Waals surface area contributed by atoms with Crippen LogP contribution < -0.4 is 10.9 Å². The van der Waals surface area contributed by atoms with E-state index < -0.39 is 0 Å². The van der Waals surface area contributed by atoms with Crippen molar-refractivity contribution in [2.24, 2.45) is 0 Å². The molecule has 0 spiro atoms. The Morgan fingerprint density at radius 1 is 1.42 bits per heavy atom. The highest BCUT2D eigenvalue weighted by atomic mass is 35.5. The quantitative estimate of drug-likeness (QED) is 0.923. The van der Waals surface area contributed by atoms with Crippen LogP contribution in [0.3, 0.4) is 0 Å². The van der Waals surface area contributed by atoms with E-state index in [2.05, 4.69) is 15.5 Å². The Hall–Kier alpha value is -1.82. The van der Waals surface area contributed by atoms with Crippen molar-refractivity contribution >= 4 is 17.3 Å². The molecule has 0 aliphatic carbocycles. The summed E-state index contributed by atoms with van der Waals surface area (Å²) in [4.78, 5) is 11.9. The normalized spacial score (nSPS) is 10.7. The van der Waals surface area contributed by atoms with Crippen molar-refractivity contribution in [3.05, 3.63) is 39.0 Å². The molecule has 2 aromatic rings. The Labute approximate surface area is 116 Å². The second kappa shape index (κ2) is 5.44. The number of hydrogen-bond donors (Lipinski definition) is 1. The van der Waals surface area contributed by atoms with Gasteiger partial charge < -0.3 is 5.32 Å². The fourth-order valence-corrected chi connectivity index (χ4v) is 2.05. The van der Waals surface area contributed by atoms with Crippen LogP contribution in [0.15, 0.2) is 17.1 Å². The Morgan fingerprint density at radius 2 is 2.16 bits per heavy atom. The van der Waals surface area contributed by atoms with Gasteiger partial charge in [-0.2, -0.15) is 10.2 Å². The summed E-state index contributed by atoms with van der Waals surface area (Å²) in [5, 5.41) is 11.9. The van der Waals surface area contributed by atoms with Gasteiger partial charge in [-0.25, -0.2) is 4.68 Å². The van der Waals surface area contributed by atoms with Gasteiger partial charge in [-0.3, -0.25) is 9.48 Å². The van der Waals surface area contributed by atoms with Crippen LogP contribution in [0.2, 0.25) is 5.02 Å². The summed E-state index contributed by atoms with van der Waals surface area (Å²) in [6.45, 7) is 4.84. The number of rotatable bonds is 4. The van der Waals surface area contributed by atoms with Crippen molar-refractivity contribution in [1.82, 2.24) is 19.6 Å². The standard InChI is InChI=1S/C12H16ClN5O/c1-4-17-10(12(13)8(2)16-17)7-18-11(19)5-9(14-3)6-15-18/h5-6,14H,4,7H2,1-3H3. The van der Waals surface area contributed by atoms with Gasteiger partial charge in [-0.05, 0) is 13.8 Å². The minimum atomic E-state index is -0.176. The Bertz CT molecular complexity index is 646. The molecule has 0 aliphatic rings. The Kier molecular flexibility index (Phi) is 3.90. The van der Waals surface area contributed by atoms with Crippen LogP contribution in [-0.2, 0) is 13.1 Å². The van der Waals surface area contributed by atoms with Crippen LogP contribution in [0.1, 0.15) is 18.3 Å². The van der Waals surface area contributed by atoms with Crippen LogP contribution in [-0.4, -0.2) is 26.6 Å². The molecule has 6 nitrogen and oxygen atoms in total. The smallest absolute Gasteiger partial charge is 0.269 e. The van der Waals surface area contributed by atoms with Crippen LogP contribution in [0, 0.1) is 6.92 Å². The van der Waals surface area contributed by atoms with Crippen LogP contribution >= 0.6 is 11.6 Å². The highest BCUT2D eigenvalue weighted by Gasteiger charge is 2.14. The summed E-state index contributed by atoms with van der Waals surface area (Å²) in [5.41, 5.74) is 2.07. The SMILES string of the molecule is CCn1nc(C)c(Cl)c1Cn1ncc(NC)cc1=O. The number of halogens is 1. The van der Waals surface area contributed by atoms with Crippen molar-refractivity contribution in [2.45, 2.75) is 26.9 Å². The molecule has 0 atom stereocenters. The molecule has 0 saturated heterocycles. The van der Waals surface area contributed by atoms with E-state index in [1.165, 1.54) is 10.7 Å². The molecule has 0 bridgehead atoms. The lowest BCUT2D eigenvalue weighted by atomic mass is 10.3. The molecule has 2 rings (SSSR count). The Morgan fingerprint density at radius 3 is 2.74 bits per heavy atom. The van der Waals surface area contributed by atoms with Gasteiger partial charge in [-0.1, -0.05) is 11.6 Å². The third-order valence-corrected chi connectivity index (χ3v) is 3.40. The third-order valence-electron chi connectivity index (χ3n) is 2.91. The zero-order valence-corrected chi connectivity index (χ0v) is 11.9. The molecule has 0 fully saturated rings. The van der Waals surface area contributed by atoms with Gasteiger partial charge in [0.2, 0.25) is 0 Å². The van der Waals surface area contributed by atoms with Gasteiger partial charge in [0.05, 0.1) is 34.8 Å². The number of anilines is 1. The van der Waals surface area contributed by atoms with E-state index in [0.29, 0.717) is 23.8 Å². The summed E-state index contributed by atoms with van der Waals surface area (Å²) in [6, 6.07) is 1.50. The second-order valence-electron chi connectivity index (χ2n) is 4.15. The maximum absolute atomic E-state index is 11.9. The maximum Gasteiger partial charge on any atom is 0.269 e. The molecule has 0 saturated carbocycles. The van der Waals surface area contributed by atoms with Crippen LogP contribution in [0.5, 0.6) is 0 Å². The van der Waals surface area contributed by atoms with E-state index in [1.807, 2.05) is 13.8 Å². The molecule has 7 heteroatoms. The lowest BCUT2D eigenvalue weighted by Gasteiger charge is -2.08. The fourth-order valence-electron chi connectivity index (χ4n) is 1.85. The third kappa shape index (κ3) is 2.63. The molecule has 0 aromatic carbocycles. The maximum atomic E-state index is 11.9. The molecular formula is C12H16ClN5O. The lowest BCUT2D eigenvalue weighted by molar-refractivity contribution is 0.559. The number of hydrogen-bond acceptors (Lipinski definition) is 4. The molecule has 0 radical (unpaired) electrons. The lowest BCUT2D eigenvalue weighted by Crippen LogP contribution is -2.24. The molecule has 2 aromatic heterocycles. The number of aromatic nitrogens is 4.